The van der Waals surface area contributed by atoms with E-state index in [2.05, 4.69) is 31.5 Å². The first kappa shape index (κ1) is 17.6. The average molecular weight is 445 g/mol. The van der Waals surface area contributed by atoms with Crippen molar-refractivity contribution in [2.75, 3.05) is 11.5 Å². The fraction of sp³-hybridized carbons (Fsp3) is 0.214. The highest BCUT2D eigenvalue weighted by molar-refractivity contribution is 9.10. The molecule has 0 saturated heterocycles. The highest BCUT2D eigenvalue weighted by Crippen LogP contribution is 2.20. The van der Waals surface area contributed by atoms with Gasteiger partial charge in [-0.1, -0.05) is 33.8 Å². The van der Waals surface area contributed by atoms with E-state index in [0.717, 1.165) is 9.35 Å². The summed E-state index contributed by atoms with van der Waals surface area (Å²) in [6.45, 7) is 0.590. The molecule has 3 rings (SSSR count). The van der Waals surface area contributed by atoms with E-state index >= 15 is 0 Å². The van der Waals surface area contributed by atoms with Crippen molar-refractivity contribution in [3.63, 3.8) is 0 Å². The van der Waals surface area contributed by atoms with Gasteiger partial charge in [0.25, 0.3) is 0 Å². The van der Waals surface area contributed by atoms with Crippen LogP contribution in [0.1, 0.15) is 4.88 Å². The number of sulfone groups is 1. The number of benzene rings is 1. The molecule has 1 aromatic carbocycles. The van der Waals surface area contributed by atoms with Gasteiger partial charge in [-0.3, -0.25) is 0 Å². The van der Waals surface area contributed by atoms with Crippen LogP contribution in [0.3, 0.4) is 0 Å². The molecule has 0 aliphatic carbocycles. The predicted molar refractivity (Wildman–Crippen MR) is 98.2 cm³/mol. The standard InChI is InChI=1S/C14H13BrN4O2S3/c15-11-3-5-13(6-4-11)24(20,21)9-8-23-14-16-17-18-19(14)10-12-2-1-7-22-12/h1-7H,8-10H2. The summed E-state index contributed by atoms with van der Waals surface area (Å²) in [6.07, 6.45) is 0. The van der Waals surface area contributed by atoms with Crippen molar-refractivity contribution in [2.45, 2.75) is 16.6 Å². The molecule has 0 amide bonds. The maximum atomic E-state index is 12.3. The largest absolute Gasteiger partial charge is 0.224 e. The summed E-state index contributed by atoms with van der Waals surface area (Å²) in [4.78, 5) is 1.47. The smallest absolute Gasteiger partial charge is 0.209 e. The second-order valence-electron chi connectivity index (χ2n) is 4.82. The Morgan fingerprint density at radius 1 is 1.21 bits per heavy atom. The second kappa shape index (κ2) is 7.77. The summed E-state index contributed by atoms with van der Waals surface area (Å²) >= 11 is 6.27. The molecule has 6 nitrogen and oxygen atoms in total. The van der Waals surface area contributed by atoms with Crippen LogP contribution in [0, 0.1) is 0 Å². The van der Waals surface area contributed by atoms with Crippen LogP contribution in [0.25, 0.3) is 0 Å². The number of thiophene rings is 1. The minimum Gasteiger partial charge on any atom is -0.224 e. The lowest BCUT2D eigenvalue weighted by atomic mass is 10.4. The molecule has 0 spiro atoms. The van der Waals surface area contributed by atoms with E-state index in [1.54, 1.807) is 40.3 Å². The maximum absolute atomic E-state index is 12.3. The van der Waals surface area contributed by atoms with Crippen LogP contribution in [-0.4, -0.2) is 40.1 Å². The van der Waals surface area contributed by atoms with Crippen LogP contribution in [0.4, 0.5) is 0 Å². The molecule has 126 valence electrons. The molecule has 0 unspecified atom stereocenters. The van der Waals surface area contributed by atoms with Gasteiger partial charge in [-0.05, 0) is 46.1 Å². The number of hydrogen-bond donors (Lipinski definition) is 0. The monoisotopic (exact) mass is 444 g/mol. The fourth-order valence-electron chi connectivity index (χ4n) is 1.95. The van der Waals surface area contributed by atoms with Crippen LogP contribution in [0.15, 0.2) is 56.3 Å². The summed E-state index contributed by atoms with van der Waals surface area (Å²) in [7, 11) is -3.31. The minimum absolute atomic E-state index is 0.0329. The molecule has 0 bridgehead atoms. The quantitative estimate of drug-likeness (QED) is 0.520. The van der Waals surface area contributed by atoms with E-state index in [1.165, 1.54) is 11.8 Å². The van der Waals surface area contributed by atoms with Gasteiger partial charge in [0.1, 0.15) is 0 Å². The van der Waals surface area contributed by atoms with E-state index < -0.39 is 9.84 Å². The molecule has 0 saturated carbocycles. The molecule has 0 aliphatic heterocycles. The fourth-order valence-corrected chi connectivity index (χ4v) is 5.43. The van der Waals surface area contributed by atoms with E-state index in [9.17, 15) is 8.42 Å². The van der Waals surface area contributed by atoms with Crippen molar-refractivity contribution in [3.8, 4) is 0 Å². The van der Waals surface area contributed by atoms with Crippen molar-refractivity contribution in [3.05, 3.63) is 51.1 Å². The van der Waals surface area contributed by atoms with Crippen molar-refractivity contribution >= 4 is 48.9 Å². The van der Waals surface area contributed by atoms with Gasteiger partial charge in [0.05, 0.1) is 17.2 Å². The number of aromatic nitrogens is 4. The highest BCUT2D eigenvalue weighted by atomic mass is 79.9. The first-order valence-corrected chi connectivity index (χ1v) is 11.3. The van der Waals surface area contributed by atoms with E-state index in [4.69, 9.17) is 0 Å². The summed E-state index contributed by atoms with van der Waals surface area (Å²) in [6, 6.07) is 10.6. The second-order valence-corrected chi connectivity index (χ2v) is 9.94. The van der Waals surface area contributed by atoms with E-state index in [0.29, 0.717) is 22.3 Å². The average Bonchev–Trinajstić information content (AvgIpc) is 3.21. The predicted octanol–water partition coefficient (Wildman–Crippen LogP) is 3.11. The van der Waals surface area contributed by atoms with Crippen LogP contribution >= 0.6 is 39.0 Å². The Morgan fingerprint density at radius 2 is 2.00 bits per heavy atom. The van der Waals surface area contributed by atoms with Crippen molar-refractivity contribution in [1.29, 1.82) is 0 Å². The van der Waals surface area contributed by atoms with Gasteiger partial charge in [0.15, 0.2) is 9.84 Å². The maximum Gasteiger partial charge on any atom is 0.209 e. The lowest BCUT2D eigenvalue weighted by molar-refractivity contribution is 0.597. The van der Waals surface area contributed by atoms with Crippen LogP contribution in [0.5, 0.6) is 0 Å². The molecule has 0 radical (unpaired) electrons. The van der Waals surface area contributed by atoms with Gasteiger partial charge in [-0.2, -0.15) is 0 Å². The Morgan fingerprint density at radius 3 is 2.71 bits per heavy atom. The summed E-state index contributed by atoms with van der Waals surface area (Å²) in [5.41, 5.74) is 0. The Hall–Kier alpha value is -1.23. The summed E-state index contributed by atoms with van der Waals surface area (Å²) in [5.74, 6) is 0.425. The van der Waals surface area contributed by atoms with E-state index in [-0.39, 0.29) is 5.75 Å². The first-order chi connectivity index (χ1) is 11.5. The number of tetrazole rings is 1. The molecule has 3 aromatic rings. The molecule has 0 fully saturated rings. The molecule has 2 heterocycles. The first-order valence-electron chi connectivity index (χ1n) is 6.94. The molecule has 2 aromatic heterocycles. The SMILES string of the molecule is O=S(=O)(CCSc1nnnn1Cc1cccs1)c1ccc(Br)cc1. The van der Waals surface area contributed by atoms with Crippen LogP contribution < -0.4 is 0 Å². The Balaban J connectivity index is 1.60. The van der Waals surface area contributed by atoms with Gasteiger partial charge in [-0.15, -0.1) is 16.4 Å². The van der Waals surface area contributed by atoms with Gasteiger partial charge in [0, 0.05) is 15.1 Å². The number of nitrogens with zero attached hydrogens (tertiary/aromatic N) is 4. The minimum atomic E-state index is -3.31. The molecule has 0 N–H and O–H groups in total. The van der Waals surface area contributed by atoms with Gasteiger partial charge < -0.3 is 0 Å². The number of hydrogen-bond acceptors (Lipinski definition) is 7. The van der Waals surface area contributed by atoms with Crippen LogP contribution in [0.2, 0.25) is 0 Å². The molecule has 0 atom stereocenters. The topological polar surface area (TPSA) is 77.7 Å². The highest BCUT2D eigenvalue weighted by Gasteiger charge is 2.16. The number of thioether (sulfide) groups is 1. The zero-order chi connectivity index (χ0) is 17.0. The summed E-state index contributed by atoms with van der Waals surface area (Å²) < 4.78 is 27.2. The normalized spacial score (nSPS) is 11.7. The zero-order valence-corrected chi connectivity index (χ0v) is 16.4. The third-order valence-corrected chi connectivity index (χ3v) is 7.48. The van der Waals surface area contributed by atoms with Gasteiger partial charge in [0.2, 0.25) is 5.16 Å². The Bertz CT molecular complexity index is 893. The van der Waals surface area contributed by atoms with Gasteiger partial charge in [-0.25, -0.2) is 13.1 Å². The van der Waals surface area contributed by atoms with Crippen molar-refractivity contribution in [1.82, 2.24) is 20.2 Å². The lowest BCUT2D eigenvalue weighted by Gasteiger charge is -2.05. The van der Waals surface area contributed by atoms with Gasteiger partial charge >= 0.3 is 0 Å². The third kappa shape index (κ3) is 4.44. The number of rotatable bonds is 7. The van der Waals surface area contributed by atoms with Crippen molar-refractivity contribution in [2.24, 2.45) is 0 Å². The molecule has 0 aliphatic rings. The number of halogens is 1. The van der Waals surface area contributed by atoms with Crippen LogP contribution in [-0.2, 0) is 16.4 Å². The van der Waals surface area contributed by atoms with Crippen molar-refractivity contribution < 1.29 is 8.42 Å². The zero-order valence-electron chi connectivity index (χ0n) is 12.4. The molecular formula is C14H13BrN4O2S3. The molecule has 10 heteroatoms. The molecule has 24 heavy (non-hydrogen) atoms. The lowest BCUT2D eigenvalue weighted by Crippen LogP contribution is -2.10. The summed E-state index contributed by atoms with van der Waals surface area (Å²) in [5, 5.41) is 14.2. The molecular weight excluding hydrogens is 432 g/mol. The Labute approximate surface area is 156 Å². The Kier molecular flexibility index (Phi) is 5.69. The third-order valence-electron chi connectivity index (χ3n) is 3.14. The van der Waals surface area contributed by atoms with E-state index in [1.807, 2.05) is 17.5 Å².